The molecule has 3 heterocycles. The molecule has 10 heteroatoms. The van der Waals surface area contributed by atoms with Crippen LogP contribution in [0.2, 0.25) is 0 Å². The van der Waals surface area contributed by atoms with Crippen molar-refractivity contribution in [1.82, 2.24) is 9.97 Å². The van der Waals surface area contributed by atoms with Crippen molar-refractivity contribution in [2.45, 2.75) is 11.1 Å². The predicted molar refractivity (Wildman–Crippen MR) is 134 cm³/mol. The smallest absolute Gasteiger partial charge is 0.271 e. The third-order valence-corrected chi connectivity index (χ3v) is 8.57. The molecule has 0 aliphatic carbocycles. The number of aromatic nitrogens is 2. The highest BCUT2D eigenvalue weighted by Gasteiger charge is 2.17. The molecular weight excluding hydrogens is 476 g/mol. The van der Waals surface area contributed by atoms with E-state index in [4.69, 9.17) is 0 Å². The van der Waals surface area contributed by atoms with Gasteiger partial charge < -0.3 is 4.98 Å². The van der Waals surface area contributed by atoms with Crippen molar-refractivity contribution in [2.24, 2.45) is 0 Å². The van der Waals surface area contributed by atoms with E-state index < -0.39 is 10.0 Å². The number of aromatic amines is 1. The summed E-state index contributed by atoms with van der Waals surface area (Å²) < 4.78 is 27.4. The Balaban J connectivity index is 1.30. The van der Waals surface area contributed by atoms with Crippen molar-refractivity contribution < 1.29 is 13.2 Å². The number of fused-ring (bicyclic) bond motifs is 1. The van der Waals surface area contributed by atoms with Crippen LogP contribution in [0.4, 0.5) is 10.8 Å². The summed E-state index contributed by atoms with van der Waals surface area (Å²) in [4.78, 5) is 20.6. The second-order valence-electron chi connectivity index (χ2n) is 7.28. The van der Waals surface area contributed by atoms with Crippen molar-refractivity contribution in [3.8, 4) is 11.3 Å². The Bertz CT molecular complexity index is 1550. The highest BCUT2D eigenvalue weighted by atomic mass is 32.2. The first kappa shape index (κ1) is 21.4. The molecule has 0 saturated heterocycles. The normalized spacial score (nSPS) is 11.5. The number of nitrogens with one attached hydrogen (secondary N) is 3. The zero-order valence-electron chi connectivity index (χ0n) is 17.3. The molecule has 33 heavy (non-hydrogen) atoms. The molecule has 2 aromatic carbocycles. The van der Waals surface area contributed by atoms with Gasteiger partial charge in [0.05, 0.1) is 5.69 Å². The Morgan fingerprint density at radius 3 is 2.55 bits per heavy atom. The molecule has 5 rings (SSSR count). The van der Waals surface area contributed by atoms with E-state index in [2.05, 4.69) is 20.0 Å². The molecular formula is C23H18N4O3S3. The van der Waals surface area contributed by atoms with Crippen LogP contribution >= 0.6 is 22.7 Å². The lowest BCUT2D eigenvalue weighted by atomic mass is 10.1. The molecule has 0 spiro atoms. The SMILES string of the molecule is Cc1[nH]c2ccccc2c1-c1csc(NC(=O)c2ccc(NS(=O)(=O)c3cccs3)cc2)n1. The van der Waals surface area contributed by atoms with E-state index in [-0.39, 0.29) is 10.1 Å². The lowest BCUT2D eigenvalue weighted by molar-refractivity contribution is 0.102. The number of sulfonamides is 1. The molecule has 0 unspecified atom stereocenters. The maximum Gasteiger partial charge on any atom is 0.271 e. The summed E-state index contributed by atoms with van der Waals surface area (Å²) in [7, 11) is -3.63. The number of thiazole rings is 1. The minimum Gasteiger partial charge on any atom is -0.358 e. The highest BCUT2D eigenvalue weighted by Crippen LogP contribution is 2.34. The fourth-order valence-electron chi connectivity index (χ4n) is 3.53. The number of carbonyl (C=O) groups excluding carboxylic acids is 1. The minimum atomic E-state index is -3.63. The molecule has 0 saturated carbocycles. The van der Waals surface area contributed by atoms with E-state index >= 15 is 0 Å². The average molecular weight is 495 g/mol. The molecule has 3 N–H and O–H groups in total. The molecule has 3 aromatic heterocycles. The van der Waals surface area contributed by atoms with Gasteiger partial charge in [0, 0.05) is 38.8 Å². The molecule has 0 bridgehead atoms. The summed E-state index contributed by atoms with van der Waals surface area (Å²) in [6.07, 6.45) is 0. The number of benzene rings is 2. The van der Waals surface area contributed by atoms with Gasteiger partial charge in [-0.3, -0.25) is 14.8 Å². The maximum absolute atomic E-state index is 12.7. The summed E-state index contributed by atoms with van der Waals surface area (Å²) in [6.45, 7) is 2.00. The molecule has 0 aliphatic heterocycles. The molecule has 0 fully saturated rings. The molecule has 7 nitrogen and oxygen atoms in total. The Morgan fingerprint density at radius 2 is 1.79 bits per heavy atom. The van der Waals surface area contributed by atoms with Gasteiger partial charge in [-0.15, -0.1) is 22.7 Å². The molecule has 5 aromatic rings. The number of anilines is 2. The van der Waals surface area contributed by atoms with Crippen LogP contribution in [0.15, 0.2) is 75.6 Å². The summed E-state index contributed by atoms with van der Waals surface area (Å²) in [5.74, 6) is -0.320. The number of rotatable bonds is 6. The Hall–Kier alpha value is -3.47. The number of hydrogen-bond donors (Lipinski definition) is 3. The van der Waals surface area contributed by atoms with Gasteiger partial charge in [-0.1, -0.05) is 24.3 Å². The van der Waals surface area contributed by atoms with Gasteiger partial charge >= 0.3 is 0 Å². The number of nitrogens with zero attached hydrogens (tertiary/aromatic N) is 1. The third-order valence-electron chi connectivity index (χ3n) is 5.03. The molecule has 0 aliphatic rings. The lowest BCUT2D eigenvalue weighted by Crippen LogP contribution is -2.13. The van der Waals surface area contributed by atoms with E-state index in [9.17, 15) is 13.2 Å². The molecule has 0 radical (unpaired) electrons. The van der Waals surface area contributed by atoms with Crippen LogP contribution in [0, 0.1) is 6.92 Å². The number of aryl methyl sites for hydroxylation is 1. The fraction of sp³-hybridized carbons (Fsp3) is 0.0435. The van der Waals surface area contributed by atoms with E-state index in [0.29, 0.717) is 16.4 Å². The van der Waals surface area contributed by atoms with Crippen LogP contribution in [0.25, 0.3) is 22.2 Å². The first-order valence-corrected chi connectivity index (χ1v) is 13.2. The zero-order valence-corrected chi connectivity index (χ0v) is 19.8. The molecule has 166 valence electrons. The Kier molecular flexibility index (Phi) is 5.49. The predicted octanol–water partition coefficient (Wildman–Crippen LogP) is 5.71. The van der Waals surface area contributed by atoms with Crippen LogP contribution in [0.5, 0.6) is 0 Å². The third kappa shape index (κ3) is 4.28. The number of hydrogen-bond acceptors (Lipinski definition) is 6. The summed E-state index contributed by atoms with van der Waals surface area (Å²) in [6, 6.07) is 17.5. The van der Waals surface area contributed by atoms with Gasteiger partial charge in [0.1, 0.15) is 4.21 Å². The monoisotopic (exact) mass is 494 g/mol. The molecule has 1 amide bonds. The lowest BCUT2D eigenvalue weighted by Gasteiger charge is -2.07. The van der Waals surface area contributed by atoms with E-state index in [1.54, 1.807) is 35.7 Å². The van der Waals surface area contributed by atoms with Crippen LogP contribution in [0.3, 0.4) is 0 Å². The van der Waals surface area contributed by atoms with Gasteiger partial charge in [0.15, 0.2) is 5.13 Å². The van der Waals surface area contributed by atoms with Crippen molar-refractivity contribution in [3.05, 3.63) is 82.7 Å². The van der Waals surface area contributed by atoms with Crippen molar-refractivity contribution in [3.63, 3.8) is 0 Å². The van der Waals surface area contributed by atoms with E-state index in [0.717, 1.165) is 39.2 Å². The number of amides is 1. The van der Waals surface area contributed by atoms with Crippen LogP contribution in [-0.2, 0) is 10.0 Å². The Labute approximate surface area is 198 Å². The van der Waals surface area contributed by atoms with Crippen molar-refractivity contribution >= 4 is 60.3 Å². The van der Waals surface area contributed by atoms with Gasteiger partial charge in [-0.25, -0.2) is 13.4 Å². The summed E-state index contributed by atoms with van der Waals surface area (Å²) in [5.41, 5.74) is 4.65. The standard InChI is InChI=1S/C23H18N4O3S3/c1-14-21(17-5-2-3-6-18(17)24-14)19-13-32-23(25-19)26-22(28)15-8-10-16(11-9-15)27-33(29,30)20-7-4-12-31-20/h2-13,24,27H,1H3,(H,25,26,28). The van der Waals surface area contributed by atoms with Crippen LogP contribution in [0.1, 0.15) is 16.1 Å². The fourth-order valence-corrected chi connectivity index (χ4v) is 6.28. The first-order valence-electron chi connectivity index (χ1n) is 9.92. The van der Waals surface area contributed by atoms with Gasteiger partial charge in [0.25, 0.3) is 15.9 Å². The first-order chi connectivity index (χ1) is 15.9. The number of para-hydroxylation sites is 1. The highest BCUT2D eigenvalue weighted by molar-refractivity contribution is 7.94. The zero-order chi connectivity index (χ0) is 23.0. The second-order valence-corrected chi connectivity index (χ2v) is 11.0. The largest absolute Gasteiger partial charge is 0.358 e. The van der Waals surface area contributed by atoms with Crippen molar-refractivity contribution in [1.29, 1.82) is 0 Å². The van der Waals surface area contributed by atoms with Crippen LogP contribution < -0.4 is 10.0 Å². The van der Waals surface area contributed by atoms with Gasteiger partial charge in [-0.2, -0.15) is 0 Å². The van der Waals surface area contributed by atoms with Gasteiger partial charge in [-0.05, 0) is 48.7 Å². The second kappa shape index (κ2) is 8.47. The van der Waals surface area contributed by atoms with Gasteiger partial charge in [0.2, 0.25) is 0 Å². The Morgan fingerprint density at radius 1 is 1.00 bits per heavy atom. The number of carbonyl (C=O) groups is 1. The van der Waals surface area contributed by atoms with E-state index in [1.165, 1.54) is 17.4 Å². The summed E-state index contributed by atoms with van der Waals surface area (Å²) in [5, 5.41) is 8.01. The number of thiophene rings is 1. The quantitative estimate of drug-likeness (QED) is 0.281. The summed E-state index contributed by atoms with van der Waals surface area (Å²) >= 11 is 2.49. The maximum atomic E-state index is 12.7. The number of H-pyrrole nitrogens is 1. The van der Waals surface area contributed by atoms with Crippen LogP contribution in [-0.4, -0.2) is 24.3 Å². The van der Waals surface area contributed by atoms with E-state index in [1.807, 2.05) is 36.6 Å². The topological polar surface area (TPSA) is 104 Å². The average Bonchev–Trinajstić information content (AvgIpc) is 3.53. The molecule has 0 atom stereocenters. The minimum absolute atomic E-state index is 0.231. The van der Waals surface area contributed by atoms with Crippen molar-refractivity contribution in [2.75, 3.05) is 10.0 Å².